The number of carbonyl (C=O) groups excluding carboxylic acids is 1. The Morgan fingerprint density at radius 2 is 1.90 bits per heavy atom. The summed E-state index contributed by atoms with van der Waals surface area (Å²) < 4.78 is 11.1. The summed E-state index contributed by atoms with van der Waals surface area (Å²) >= 11 is 0. The van der Waals surface area contributed by atoms with Gasteiger partial charge in [-0.1, -0.05) is 13.8 Å². The third-order valence-corrected chi connectivity index (χ3v) is 3.94. The molecule has 0 spiro atoms. The molecular formula is C16H31NO3. The number of methoxy groups -OCH3 is 1. The molecule has 1 unspecified atom stereocenters. The minimum absolute atomic E-state index is 0.0758. The van der Waals surface area contributed by atoms with Crippen LogP contribution in [0.5, 0.6) is 0 Å². The molecule has 1 heterocycles. The van der Waals surface area contributed by atoms with Gasteiger partial charge >= 0.3 is 0 Å². The number of hydrogen-bond acceptors (Lipinski definition) is 4. The fourth-order valence-electron chi connectivity index (χ4n) is 3.07. The summed E-state index contributed by atoms with van der Waals surface area (Å²) in [5.41, 5.74) is -1.07. The van der Waals surface area contributed by atoms with Crippen molar-refractivity contribution < 1.29 is 14.3 Å². The average molecular weight is 285 g/mol. The third-order valence-electron chi connectivity index (χ3n) is 3.94. The van der Waals surface area contributed by atoms with Crippen molar-refractivity contribution in [2.24, 2.45) is 11.8 Å². The smallest absolute Gasteiger partial charge is 0.171 e. The Balaban J connectivity index is 2.78. The van der Waals surface area contributed by atoms with E-state index in [2.05, 4.69) is 18.7 Å². The largest absolute Gasteiger partial charge is 0.383 e. The molecular weight excluding hydrogens is 254 g/mol. The molecule has 0 aromatic heterocycles. The number of Topliss-reactive ketones (excluding diaryl/α,β-unsaturated/α-hetero) is 1. The molecule has 0 bridgehead atoms. The van der Waals surface area contributed by atoms with Crippen LogP contribution in [0.4, 0.5) is 0 Å². The molecule has 1 fully saturated rings. The van der Waals surface area contributed by atoms with Crippen molar-refractivity contribution in [1.29, 1.82) is 0 Å². The van der Waals surface area contributed by atoms with E-state index < -0.39 is 11.2 Å². The average Bonchev–Trinajstić information content (AvgIpc) is 2.43. The van der Waals surface area contributed by atoms with Crippen LogP contribution in [0.25, 0.3) is 0 Å². The molecule has 4 heteroatoms. The Hall–Kier alpha value is -0.450. The van der Waals surface area contributed by atoms with Gasteiger partial charge in [0, 0.05) is 26.7 Å². The lowest BCUT2D eigenvalue weighted by molar-refractivity contribution is -0.132. The van der Waals surface area contributed by atoms with Gasteiger partial charge in [0.25, 0.3) is 0 Å². The van der Waals surface area contributed by atoms with Crippen molar-refractivity contribution in [2.45, 2.75) is 52.7 Å². The molecule has 118 valence electrons. The van der Waals surface area contributed by atoms with Crippen molar-refractivity contribution in [3.05, 3.63) is 0 Å². The van der Waals surface area contributed by atoms with E-state index in [1.54, 1.807) is 7.11 Å². The lowest BCUT2D eigenvalue weighted by Crippen LogP contribution is -2.43. The molecule has 0 aliphatic carbocycles. The fraction of sp³-hybridized carbons (Fsp3) is 0.938. The Kier molecular flexibility index (Phi) is 5.76. The molecule has 1 aliphatic heterocycles. The van der Waals surface area contributed by atoms with Gasteiger partial charge in [-0.05, 0) is 33.6 Å². The molecule has 4 nitrogen and oxygen atoms in total. The predicted octanol–water partition coefficient (Wildman–Crippen LogP) is 2.36. The summed E-state index contributed by atoms with van der Waals surface area (Å²) in [6.45, 7) is 15.5. The Morgan fingerprint density at radius 3 is 2.30 bits per heavy atom. The Bertz CT molecular complexity index is 337. The van der Waals surface area contributed by atoms with E-state index in [9.17, 15) is 4.79 Å². The molecule has 1 saturated heterocycles. The zero-order valence-electron chi connectivity index (χ0n) is 14.2. The fourth-order valence-corrected chi connectivity index (χ4v) is 3.07. The molecule has 0 saturated carbocycles. The maximum absolute atomic E-state index is 12.6. The van der Waals surface area contributed by atoms with Gasteiger partial charge in [-0.15, -0.1) is 0 Å². The van der Waals surface area contributed by atoms with Crippen molar-refractivity contribution in [3.8, 4) is 0 Å². The summed E-state index contributed by atoms with van der Waals surface area (Å²) in [4.78, 5) is 14.9. The zero-order chi connectivity index (χ0) is 15.6. The molecule has 20 heavy (non-hydrogen) atoms. The molecule has 1 rings (SSSR count). The highest BCUT2D eigenvalue weighted by Crippen LogP contribution is 2.39. The van der Waals surface area contributed by atoms with Crippen molar-refractivity contribution in [2.75, 3.05) is 33.4 Å². The molecule has 1 aliphatic rings. The van der Waals surface area contributed by atoms with E-state index in [-0.39, 0.29) is 11.7 Å². The summed E-state index contributed by atoms with van der Waals surface area (Å²) in [6, 6.07) is 0. The van der Waals surface area contributed by atoms with E-state index in [1.165, 1.54) is 0 Å². The number of rotatable bonds is 7. The summed E-state index contributed by atoms with van der Waals surface area (Å²) in [6.07, 6.45) is 0. The van der Waals surface area contributed by atoms with Gasteiger partial charge in [-0.2, -0.15) is 0 Å². The van der Waals surface area contributed by atoms with Crippen molar-refractivity contribution >= 4 is 5.78 Å². The first-order chi connectivity index (χ1) is 9.10. The van der Waals surface area contributed by atoms with Crippen LogP contribution in [0, 0.1) is 11.8 Å². The highest BCUT2D eigenvalue weighted by molar-refractivity contribution is 5.91. The normalized spacial score (nSPS) is 24.9. The van der Waals surface area contributed by atoms with Gasteiger partial charge in [0.05, 0.1) is 18.1 Å². The van der Waals surface area contributed by atoms with E-state index in [4.69, 9.17) is 9.47 Å². The van der Waals surface area contributed by atoms with Crippen LogP contribution in [0.2, 0.25) is 0 Å². The minimum Gasteiger partial charge on any atom is -0.383 e. The Morgan fingerprint density at radius 1 is 1.30 bits per heavy atom. The van der Waals surface area contributed by atoms with Crippen LogP contribution in [-0.2, 0) is 14.3 Å². The monoisotopic (exact) mass is 285 g/mol. The quantitative estimate of drug-likeness (QED) is 0.720. The van der Waals surface area contributed by atoms with E-state index >= 15 is 0 Å². The minimum atomic E-state index is -0.668. The highest BCUT2D eigenvalue weighted by atomic mass is 16.5. The summed E-state index contributed by atoms with van der Waals surface area (Å²) in [5, 5.41) is 0. The summed E-state index contributed by atoms with van der Waals surface area (Å²) in [7, 11) is 1.71. The van der Waals surface area contributed by atoms with Crippen LogP contribution >= 0.6 is 0 Å². The van der Waals surface area contributed by atoms with Crippen LogP contribution in [0.1, 0.15) is 41.5 Å². The SMILES string of the molecule is COCCN(CC(C)C)CC1C(=O)C(C)(C)OC1(C)C. The number of ether oxygens (including phenoxy) is 2. The van der Waals surface area contributed by atoms with Crippen molar-refractivity contribution in [3.63, 3.8) is 0 Å². The first-order valence-electron chi connectivity index (χ1n) is 7.56. The number of hydrogen-bond donors (Lipinski definition) is 0. The van der Waals surface area contributed by atoms with E-state index in [0.29, 0.717) is 12.5 Å². The molecule has 0 amide bonds. The molecule has 0 N–H and O–H groups in total. The standard InChI is InChI=1S/C16H31NO3/c1-12(2)10-17(8-9-19-7)11-13-14(18)16(5,6)20-15(13,3)4/h12-13H,8-11H2,1-7H3. The van der Waals surface area contributed by atoms with E-state index in [0.717, 1.165) is 19.6 Å². The van der Waals surface area contributed by atoms with Gasteiger partial charge in [-0.3, -0.25) is 9.69 Å². The lowest BCUT2D eigenvalue weighted by atomic mass is 9.85. The van der Waals surface area contributed by atoms with E-state index in [1.807, 2.05) is 27.7 Å². The second-order valence-corrected chi connectivity index (χ2v) is 7.28. The van der Waals surface area contributed by atoms with Gasteiger partial charge in [0.15, 0.2) is 5.78 Å². The second kappa shape index (κ2) is 6.54. The van der Waals surface area contributed by atoms with Gasteiger partial charge in [-0.25, -0.2) is 0 Å². The van der Waals surface area contributed by atoms with Crippen LogP contribution in [0.15, 0.2) is 0 Å². The number of nitrogens with zero attached hydrogens (tertiary/aromatic N) is 1. The molecule has 0 radical (unpaired) electrons. The third kappa shape index (κ3) is 4.27. The summed E-state index contributed by atoms with van der Waals surface area (Å²) in [5.74, 6) is 0.710. The van der Waals surface area contributed by atoms with Crippen LogP contribution in [-0.4, -0.2) is 55.2 Å². The lowest BCUT2D eigenvalue weighted by Gasteiger charge is -2.31. The molecule has 0 aromatic carbocycles. The maximum atomic E-state index is 12.6. The molecule has 1 atom stereocenters. The maximum Gasteiger partial charge on any atom is 0.171 e. The number of carbonyl (C=O) groups is 1. The van der Waals surface area contributed by atoms with Crippen LogP contribution in [0.3, 0.4) is 0 Å². The predicted molar refractivity (Wildman–Crippen MR) is 80.9 cm³/mol. The van der Waals surface area contributed by atoms with Crippen molar-refractivity contribution in [1.82, 2.24) is 4.90 Å². The zero-order valence-corrected chi connectivity index (χ0v) is 14.2. The first kappa shape index (κ1) is 17.6. The first-order valence-corrected chi connectivity index (χ1v) is 7.56. The Labute approximate surface area is 123 Å². The molecule has 0 aromatic rings. The van der Waals surface area contributed by atoms with Gasteiger partial charge in [0.1, 0.15) is 5.60 Å². The van der Waals surface area contributed by atoms with Crippen LogP contribution < -0.4 is 0 Å². The van der Waals surface area contributed by atoms with Gasteiger partial charge in [0.2, 0.25) is 0 Å². The number of ketones is 1. The van der Waals surface area contributed by atoms with Gasteiger partial charge < -0.3 is 9.47 Å². The highest BCUT2D eigenvalue weighted by Gasteiger charge is 2.53. The topological polar surface area (TPSA) is 38.8 Å². The second-order valence-electron chi connectivity index (χ2n) is 7.28.